The average Bonchev–Trinajstić information content (AvgIpc) is 2.69. The zero-order chi connectivity index (χ0) is 22.1. The number of rotatable bonds is 8. The first-order valence-electron chi connectivity index (χ1n) is 9.69. The van der Waals surface area contributed by atoms with E-state index in [1.165, 1.54) is 11.0 Å². The summed E-state index contributed by atoms with van der Waals surface area (Å²) in [5, 5.41) is 13.1. The molecule has 0 spiro atoms. The number of phenolic OH excluding ortho intramolecular Hbond substituents is 1. The molecule has 7 nitrogen and oxygen atoms in total. The van der Waals surface area contributed by atoms with Crippen molar-refractivity contribution >= 4 is 29.4 Å². The fraction of sp³-hybridized carbons (Fsp3) is 0.409. The van der Waals surface area contributed by atoms with E-state index in [1.807, 2.05) is 12.3 Å². The van der Waals surface area contributed by atoms with Gasteiger partial charge in [0.05, 0.1) is 17.9 Å². The van der Waals surface area contributed by atoms with Crippen LogP contribution in [0, 0.1) is 0 Å². The average molecular weight is 432 g/mol. The number of anilines is 1. The Morgan fingerprint density at radius 2 is 1.90 bits per heavy atom. The van der Waals surface area contributed by atoms with E-state index in [9.17, 15) is 14.7 Å². The van der Waals surface area contributed by atoms with Crippen LogP contribution < -0.4 is 10.2 Å². The van der Waals surface area contributed by atoms with Gasteiger partial charge in [-0.15, -0.1) is 0 Å². The van der Waals surface area contributed by atoms with Crippen LogP contribution in [0.5, 0.6) is 5.75 Å². The zero-order valence-corrected chi connectivity index (χ0v) is 18.6. The van der Waals surface area contributed by atoms with Gasteiger partial charge in [-0.2, -0.15) is 11.8 Å². The van der Waals surface area contributed by atoms with Gasteiger partial charge in [0.2, 0.25) is 5.91 Å². The highest BCUT2D eigenvalue weighted by molar-refractivity contribution is 7.98. The third-order valence-corrected chi connectivity index (χ3v) is 4.73. The fourth-order valence-electron chi connectivity index (χ4n) is 2.76. The summed E-state index contributed by atoms with van der Waals surface area (Å²) in [7, 11) is 0. The molecule has 8 heteroatoms. The van der Waals surface area contributed by atoms with Crippen molar-refractivity contribution in [3.05, 3.63) is 54.4 Å². The third kappa shape index (κ3) is 7.26. The minimum atomic E-state index is -0.810. The van der Waals surface area contributed by atoms with E-state index in [-0.39, 0.29) is 18.2 Å². The Labute approximate surface area is 181 Å². The maximum atomic E-state index is 13.5. The lowest BCUT2D eigenvalue weighted by Gasteiger charge is -2.29. The molecule has 0 aliphatic rings. The van der Waals surface area contributed by atoms with Gasteiger partial charge in [0, 0.05) is 6.20 Å². The number of carbonyl (C=O) groups is 2. The van der Waals surface area contributed by atoms with Crippen molar-refractivity contribution in [1.82, 2.24) is 10.3 Å². The largest absolute Gasteiger partial charge is 0.506 e. The summed E-state index contributed by atoms with van der Waals surface area (Å²) < 4.78 is 5.34. The first-order valence-corrected chi connectivity index (χ1v) is 11.1. The van der Waals surface area contributed by atoms with Crippen molar-refractivity contribution in [2.75, 3.05) is 16.9 Å². The molecule has 0 radical (unpaired) electrons. The van der Waals surface area contributed by atoms with Gasteiger partial charge in [-0.3, -0.25) is 9.78 Å². The molecule has 1 atom stereocenters. The van der Waals surface area contributed by atoms with Gasteiger partial charge in [0.25, 0.3) is 0 Å². The lowest BCUT2D eigenvalue weighted by Crippen LogP contribution is -2.50. The molecular weight excluding hydrogens is 402 g/mol. The number of amides is 2. The lowest BCUT2D eigenvalue weighted by molar-refractivity contribution is -0.120. The molecule has 0 aliphatic heterocycles. The Balaban J connectivity index is 2.33. The Bertz CT molecular complexity index is 840. The Hall–Kier alpha value is -2.74. The number of benzene rings is 1. The normalized spacial score (nSPS) is 12.1. The molecule has 2 N–H and O–H groups in total. The van der Waals surface area contributed by atoms with Gasteiger partial charge in [-0.1, -0.05) is 18.2 Å². The molecular formula is C22H29N3O4S. The van der Waals surface area contributed by atoms with E-state index in [4.69, 9.17) is 4.74 Å². The summed E-state index contributed by atoms with van der Waals surface area (Å²) in [6, 6.07) is 11.2. The number of para-hydroxylation sites is 2. The summed E-state index contributed by atoms with van der Waals surface area (Å²) in [4.78, 5) is 31.6. The highest BCUT2D eigenvalue weighted by Gasteiger charge is 2.30. The number of ether oxygens (including phenoxy) is 1. The monoisotopic (exact) mass is 431 g/mol. The van der Waals surface area contributed by atoms with Crippen LogP contribution in [0.3, 0.4) is 0 Å². The van der Waals surface area contributed by atoms with Gasteiger partial charge in [-0.25, -0.2) is 4.79 Å². The van der Waals surface area contributed by atoms with Gasteiger partial charge in [0.15, 0.2) is 0 Å². The maximum absolute atomic E-state index is 13.5. The van der Waals surface area contributed by atoms with E-state index in [0.29, 0.717) is 23.6 Å². The number of phenols is 1. The summed E-state index contributed by atoms with van der Waals surface area (Å²) in [6.07, 6.45) is 3.35. The fourth-order valence-corrected chi connectivity index (χ4v) is 3.23. The molecule has 0 bridgehead atoms. The summed E-state index contributed by atoms with van der Waals surface area (Å²) in [5.41, 5.74) is 0.339. The summed E-state index contributed by atoms with van der Waals surface area (Å²) in [6.45, 7) is 5.45. The summed E-state index contributed by atoms with van der Waals surface area (Å²) in [5.74, 6) is 0.300. The van der Waals surface area contributed by atoms with Gasteiger partial charge in [-0.05, 0) is 63.5 Å². The van der Waals surface area contributed by atoms with Gasteiger partial charge < -0.3 is 20.1 Å². The second kappa shape index (κ2) is 10.9. The Kier molecular flexibility index (Phi) is 8.53. The van der Waals surface area contributed by atoms with E-state index in [0.717, 1.165) is 0 Å². The quantitative estimate of drug-likeness (QED) is 0.657. The SMILES string of the molecule is CSCCC(NC(=O)OC(C)(C)C)C(=O)N(Cc1ccccn1)c1ccccc1O. The number of alkyl carbamates (subject to hydrolysis) is 1. The number of hydrogen-bond acceptors (Lipinski definition) is 6. The van der Waals surface area contributed by atoms with Crippen molar-refractivity contribution in [3.8, 4) is 5.75 Å². The van der Waals surface area contributed by atoms with Gasteiger partial charge >= 0.3 is 6.09 Å². The molecule has 1 heterocycles. The Morgan fingerprint density at radius 3 is 2.50 bits per heavy atom. The third-order valence-electron chi connectivity index (χ3n) is 4.08. The zero-order valence-electron chi connectivity index (χ0n) is 17.8. The molecule has 0 fully saturated rings. The highest BCUT2D eigenvalue weighted by atomic mass is 32.2. The molecule has 0 aliphatic carbocycles. The molecule has 162 valence electrons. The molecule has 2 rings (SSSR count). The second-order valence-electron chi connectivity index (χ2n) is 7.71. The Morgan fingerprint density at radius 1 is 1.20 bits per heavy atom. The minimum absolute atomic E-state index is 0.0253. The molecule has 1 unspecified atom stereocenters. The van der Waals surface area contributed by atoms with Crippen LogP contribution in [-0.2, 0) is 16.1 Å². The van der Waals surface area contributed by atoms with E-state index >= 15 is 0 Å². The van der Waals surface area contributed by atoms with Crippen LogP contribution >= 0.6 is 11.8 Å². The number of aromatic nitrogens is 1. The van der Waals surface area contributed by atoms with Crippen LogP contribution in [0.1, 0.15) is 32.9 Å². The first kappa shape index (κ1) is 23.5. The van der Waals surface area contributed by atoms with E-state index in [1.54, 1.807) is 69.1 Å². The second-order valence-corrected chi connectivity index (χ2v) is 8.70. The molecule has 1 aromatic carbocycles. The topological polar surface area (TPSA) is 91.8 Å². The summed E-state index contributed by atoms with van der Waals surface area (Å²) >= 11 is 1.58. The molecule has 0 saturated carbocycles. The predicted octanol–water partition coefficient (Wildman–Crippen LogP) is 3.97. The van der Waals surface area contributed by atoms with E-state index < -0.39 is 17.7 Å². The number of hydrogen-bond donors (Lipinski definition) is 2. The molecule has 2 amide bonds. The molecule has 0 saturated heterocycles. The minimum Gasteiger partial charge on any atom is -0.506 e. The van der Waals surface area contributed by atoms with E-state index in [2.05, 4.69) is 10.3 Å². The smallest absolute Gasteiger partial charge is 0.408 e. The van der Waals surface area contributed by atoms with Crippen molar-refractivity contribution in [2.45, 2.75) is 45.4 Å². The van der Waals surface area contributed by atoms with Crippen molar-refractivity contribution in [2.24, 2.45) is 0 Å². The van der Waals surface area contributed by atoms with Crippen LogP contribution in [0.2, 0.25) is 0 Å². The number of carbonyl (C=O) groups excluding carboxylic acids is 2. The van der Waals surface area contributed by atoms with Crippen molar-refractivity contribution < 1.29 is 19.4 Å². The maximum Gasteiger partial charge on any atom is 0.408 e. The lowest BCUT2D eigenvalue weighted by atomic mass is 10.1. The van der Waals surface area contributed by atoms with Crippen LogP contribution in [0.15, 0.2) is 48.7 Å². The number of pyridine rings is 1. The number of aromatic hydroxyl groups is 1. The van der Waals surface area contributed by atoms with Crippen molar-refractivity contribution in [3.63, 3.8) is 0 Å². The molecule has 2 aromatic rings. The molecule has 1 aromatic heterocycles. The first-order chi connectivity index (χ1) is 14.2. The standard InChI is InChI=1S/C22H29N3O4S/c1-22(2,3)29-21(28)24-17(12-14-30-4)20(27)25(15-16-9-7-8-13-23-16)18-10-5-6-11-19(18)26/h5-11,13,17,26H,12,14-15H2,1-4H3,(H,24,28). The van der Waals surface area contributed by atoms with Crippen LogP contribution in [-0.4, -0.2) is 45.7 Å². The number of nitrogens with zero attached hydrogens (tertiary/aromatic N) is 2. The van der Waals surface area contributed by atoms with Gasteiger partial charge in [0.1, 0.15) is 17.4 Å². The number of thioether (sulfide) groups is 1. The van der Waals surface area contributed by atoms with Crippen LogP contribution in [0.4, 0.5) is 10.5 Å². The number of nitrogens with one attached hydrogen (secondary N) is 1. The van der Waals surface area contributed by atoms with Crippen LogP contribution in [0.25, 0.3) is 0 Å². The highest BCUT2D eigenvalue weighted by Crippen LogP contribution is 2.28. The van der Waals surface area contributed by atoms with Crippen molar-refractivity contribution in [1.29, 1.82) is 0 Å². The molecule has 30 heavy (non-hydrogen) atoms. The predicted molar refractivity (Wildman–Crippen MR) is 120 cm³/mol.